The molecule has 0 spiro atoms. The second kappa shape index (κ2) is 8.73. The summed E-state index contributed by atoms with van der Waals surface area (Å²) >= 11 is 0. The predicted molar refractivity (Wildman–Crippen MR) is 109 cm³/mol. The van der Waals surface area contributed by atoms with Crippen LogP contribution >= 0.6 is 0 Å². The van der Waals surface area contributed by atoms with Crippen molar-refractivity contribution < 1.29 is 4.79 Å². The number of hydrogen-bond acceptors (Lipinski definition) is 5. The Kier molecular flexibility index (Phi) is 5.90. The number of anilines is 1. The average molecular weight is 383 g/mol. The van der Waals surface area contributed by atoms with Crippen LogP contribution in [0.3, 0.4) is 0 Å². The molecule has 3 heterocycles. The summed E-state index contributed by atoms with van der Waals surface area (Å²) in [6.07, 6.45) is 9.84. The van der Waals surface area contributed by atoms with Crippen LogP contribution in [-0.2, 0) is 6.54 Å². The van der Waals surface area contributed by atoms with Crippen molar-refractivity contribution in [1.82, 2.24) is 25.4 Å². The van der Waals surface area contributed by atoms with Crippen molar-refractivity contribution in [2.24, 2.45) is 0 Å². The van der Waals surface area contributed by atoms with Gasteiger partial charge in [-0.3, -0.25) is 14.8 Å². The highest BCUT2D eigenvalue weighted by molar-refractivity contribution is 5.92. The molecule has 1 aliphatic heterocycles. The van der Waals surface area contributed by atoms with Crippen LogP contribution in [0.4, 0.5) is 5.82 Å². The van der Waals surface area contributed by atoms with Crippen LogP contribution in [-0.4, -0.2) is 45.6 Å². The number of rotatable bonds is 6. The molecule has 4 rings (SSSR count). The van der Waals surface area contributed by atoms with E-state index in [4.69, 9.17) is 0 Å². The molecule has 150 valence electrons. The van der Waals surface area contributed by atoms with Gasteiger partial charge in [0.15, 0.2) is 0 Å². The monoisotopic (exact) mass is 382 g/mol. The van der Waals surface area contributed by atoms with Crippen LogP contribution < -0.4 is 10.6 Å². The lowest BCUT2D eigenvalue weighted by atomic mass is 9.98. The van der Waals surface area contributed by atoms with Crippen LogP contribution in [0, 0.1) is 0 Å². The van der Waals surface area contributed by atoms with Crippen molar-refractivity contribution in [3.63, 3.8) is 0 Å². The molecule has 2 fully saturated rings. The number of carbonyl (C=O) groups is 1. The Labute approximate surface area is 166 Å². The number of hydrogen-bond donors (Lipinski definition) is 3. The van der Waals surface area contributed by atoms with Gasteiger partial charge in [0, 0.05) is 31.4 Å². The van der Waals surface area contributed by atoms with E-state index in [-0.39, 0.29) is 11.9 Å². The highest BCUT2D eigenvalue weighted by Gasteiger charge is 2.27. The Morgan fingerprint density at radius 1 is 1.25 bits per heavy atom. The van der Waals surface area contributed by atoms with Crippen LogP contribution in [0.5, 0.6) is 0 Å². The summed E-state index contributed by atoms with van der Waals surface area (Å²) in [6.45, 7) is 1.86. The molecule has 1 unspecified atom stereocenters. The van der Waals surface area contributed by atoms with Gasteiger partial charge in [0.25, 0.3) is 5.91 Å². The molecule has 0 aromatic carbocycles. The van der Waals surface area contributed by atoms with E-state index >= 15 is 0 Å². The lowest BCUT2D eigenvalue weighted by molar-refractivity contribution is 0.0932. The number of aromatic nitrogens is 3. The molecule has 2 aliphatic rings. The number of pyridine rings is 1. The van der Waals surface area contributed by atoms with E-state index in [0.717, 1.165) is 43.9 Å². The van der Waals surface area contributed by atoms with Gasteiger partial charge in [0.05, 0.1) is 11.7 Å². The number of nitrogens with one attached hydrogen (secondary N) is 3. The first kappa shape index (κ1) is 18.9. The Hall–Kier alpha value is -2.41. The van der Waals surface area contributed by atoms with E-state index in [9.17, 15) is 4.79 Å². The third-order valence-electron chi connectivity index (χ3n) is 5.99. The van der Waals surface area contributed by atoms with Crippen molar-refractivity contribution in [2.75, 3.05) is 18.9 Å². The zero-order chi connectivity index (χ0) is 19.3. The van der Waals surface area contributed by atoms with E-state index in [1.54, 1.807) is 0 Å². The Morgan fingerprint density at radius 2 is 2.07 bits per heavy atom. The molecule has 1 atom stereocenters. The smallest absolute Gasteiger partial charge is 0.271 e. The van der Waals surface area contributed by atoms with E-state index in [0.29, 0.717) is 11.7 Å². The first-order chi connectivity index (χ1) is 13.7. The van der Waals surface area contributed by atoms with Gasteiger partial charge < -0.3 is 10.6 Å². The van der Waals surface area contributed by atoms with E-state index in [1.165, 1.54) is 31.2 Å². The van der Waals surface area contributed by atoms with Gasteiger partial charge in [-0.05, 0) is 44.4 Å². The zero-order valence-electron chi connectivity index (χ0n) is 16.6. The molecular formula is C21H30N6O. The topological polar surface area (TPSA) is 85.9 Å². The van der Waals surface area contributed by atoms with Crippen molar-refractivity contribution >= 4 is 11.7 Å². The summed E-state index contributed by atoms with van der Waals surface area (Å²) in [7, 11) is 1.91. The second-order valence-electron chi connectivity index (χ2n) is 7.91. The minimum atomic E-state index is -0.0542. The van der Waals surface area contributed by atoms with Crippen molar-refractivity contribution in [1.29, 1.82) is 0 Å². The van der Waals surface area contributed by atoms with Crippen molar-refractivity contribution in [2.45, 2.75) is 63.6 Å². The summed E-state index contributed by atoms with van der Waals surface area (Å²) in [6, 6.07) is 6.60. The van der Waals surface area contributed by atoms with Gasteiger partial charge >= 0.3 is 0 Å². The lowest BCUT2D eigenvalue weighted by Crippen LogP contribution is -2.33. The van der Waals surface area contributed by atoms with Gasteiger partial charge in [-0.15, -0.1) is 0 Å². The van der Waals surface area contributed by atoms with Gasteiger partial charge in [-0.1, -0.05) is 25.3 Å². The van der Waals surface area contributed by atoms with Gasteiger partial charge in [-0.2, -0.15) is 5.10 Å². The van der Waals surface area contributed by atoms with Crippen LogP contribution in [0.15, 0.2) is 24.4 Å². The number of carbonyl (C=O) groups excluding carboxylic acids is 1. The summed E-state index contributed by atoms with van der Waals surface area (Å²) in [5.74, 6) is 0.870. The minimum Gasteiger partial charge on any atom is -0.373 e. The SMILES string of the molecule is CNc1ncccc1CN1CCCCC1c1cc(C(=O)NC2CCCC2)n[nH]1. The quantitative estimate of drug-likeness (QED) is 0.714. The summed E-state index contributed by atoms with van der Waals surface area (Å²) in [5, 5.41) is 13.8. The molecule has 1 saturated carbocycles. The summed E-state index contributed by atoms with van der Waals surface area (Å²) in [4.78, 5) is 19.4. The lowest BCUT2D eigenvalue weighted by Gasteiger charge is -2.35. The summed E-state index contributed by atoms with van der Waals surface area (Å²) in [5.41, 5.74) is 2.73. The van der Waals surface area contributed by atoms with Crippen molar-refractivity contribution in [3.8, 4) is 0 Å². The first-order valence-electron chi connectivity index (χ1n) is 10.5. The maximum Gasteiger partial charge on any atom is 0.271 e. The van der Waals surface area contributed by atoms with Crippen molar-refractivity contribution in [3.05, 3.63) is 41.3 Å². The minimum absolute atomic E-state index is 0.0542. The molecule has 0 radical (unpaired) electrons. The van der Waals surface area contributed by atoms with Crippen LogP contribution in [0.25, 0.3) is 0 Å². The number of likely N-dealkylation sites (tertiary alicyclic amines) is 1. The Morgan fingerprint density at radius 3 is 2.89 bits per heavy atom. The molecule has 7 nitrogen and oxygen atoms in total. The molecule has 3 N–H and O–H groups in total. The summed E-state index contributed by atoms with van der Waals surface area (Å²) < 4.78 is 0. The molecule has 28 heavy (non-hydrogen) atoms. The van der Waals surface area contributed by atoms with E-state index in [2.05, 4.69) is 36.8 Å². The highest BCUT2D eigenvalue weighted by atomic mass is 16.2. The Bertz CT molecular complexity index is 798. The number of aromatic amines is 1. The largest absolute Gasteiger partial charge is 0.373 e. The fraction of sp³-hybridized carbons (Fsp3) is 0.571. The Balaban J connectivity index is 1.47. The molecule has 0 bridgehead atoms. The molecule has 1 saturated heterocycles. The highest BCUT2D eigenvalue weighted by Crippen LogP contribution is 2.32. The molecule has 1 amide bonds. The van der Waals surface area contributed by atoms with E-state index in [1.807, 2.05) is 25.4 Å². The third-order valence-corrected chi connectivity index (χ3v) is 5.99. The fourth-order valence-electron chi connectivity index (χ4n) is 4.50. The molecule has 1 aliphatic carbocycles. The second-order valence-corrected chi connectivity index (χ2v) is 7.91. The van der Waals surface area contributed by atoms with Gasteiger partial charge in [0.1, 0.15) is 11.5 Å². The maximum atomic E-state index is 12.5. The normalized spacial score (nSPS) is 21.0. The molecule has 7 heteroatoms. The molecule has 2 aromatic rings. The number of nitrogens with zero attached hydrogens (tertiary/aromatic N) is 3. The average Bonchev–Trinajstić information content (AvgIpc) is 3.41. The zero-order valence-corrected chi connectivity index (χ0v) is 16.6. The number of H-pyrrole nitrogens is 1. The maximum absolute atomic E-state index is 12.5. The standard InChI is InChI=1S/C21H30N6O/c1-22-20-15(7-6-11-23-20)14-27-12-5-4-10-19(27)17-13-18(26-25-17)21(28)24-16-8-2-3-9-16/h6-7,11,13,16,19H,2-5,8-10,12,14H2,1H3,(H,22,23)(H,24,28)(H,25,26). The number of piperidine rings is 1. The molecule has 2 aromatic heterocycles. The predicted octanol–water partition coefficient (Wildman–Crippen LogP) is 3.25. The van der Waals surface area contributed by atoms with Crippen LogP contribution in [0.1, 0.15) is 72.7 Å². The van der Waals surface area contributed by atoms with Gasteiger partial charge in [-0.25, -0.2) is 4.98 Å². The first-order valence-corrected chi connectivity index (χ1v) is 10.5. The van der Waals surface area contributed by atoms with Crippen LogP contribution in [0.2, 0.25) is 0 Å². The van der Waals surface area contributed by atoms with Gasteiger partial charge in [0.2, 0.25) is 0 Å². The third kappa shape index (κ3) is 4.19. The molecular weight excluding hydrogens is 352 g/mol. The van der Waals surface area contributed by atoms with E-state index < -0.39 is 0 Å². The fourth-order valence-corrected chi connectivity index (χ4v) is 4.50. The number of amides is 1.